The van der Waals surface area contributed by atoms with Gasteiger partial charge in [0.15, 0.2) is 0 Å². The number of piperidine rings is 1. The van der Waals surface area contributed by atoms with Crippen molar-refractivity contribution in [2.75, 3.05) is 26.2 Å². The van der Waals surface area contributed by atoms with Crippen LogP contribution in [-0.2, 0) is 0 Å². The van der Waals surface area contributed by atoms with E-state index in [2.05, 4.69) is 25.7 Å². The first-order valence-corrected chi connectivity index (χ1v) is 7.38. The zero-order valence-corrected chi connectivity index (χ0v) is 12.0. The molecule has 2 rings (SSSR count). The molecule has 2 heteroatoms. The van der Waals surface area contributed by atoms with Crippen molar-refractivity contribution in [2.45, 2.75) is 52.9 Å². The molecule has 0 aromatic rings. The molecule has 2 nitrogen and oxygen atoms in total. The summed E-state index contributed by atoms with van der Waals surface area (Å²) in [6.45, 7) is 12.0. The zero-order chi connectivity index (χ0) is 12.5. The average Bonchev–Trinajstić information content (AvgIpc) is 2.98. The Morgan fingerprint density at radius 1 is 1.18 bits per heavy atom. The lowest BCUT2D eigenvalue weighted by molar-refractivity contribution is 0.0961. The summed E-state index contributed by atoms with van der Waals surface area (Å²) in [6, 6.07) is 0. The molecule has 1 heterocycles. The van der Waals surface area contributed by atoms with E-state index in [0.717, 1.165) is 12.5 Å². The number of hydrogen-bond donors (Lipinski definition) is 1. The summed E-state index contributed by atoms with van der Waals surface area (Å²) in [7, 11) is 0. The number of likely N-dealkylation sites (tertiary alicyclic amines) is 1. The molecule has 17 heavy (non-hydrogen) atoms. The Morgan fingerprint density at radius 3 is 2.18 bits per heavy atom. The van der Waals surface area contributed by atoms with E-state index >= 15 is 0 Å². The van der Waals surface area contributed by atoms with E-state index in [-0.39, 0.29) is 0 Å². The Kier molecular flexibility index (Phi) is 3.84. The molecule has 0 aromatic heterocycles. The van der Waals surface area contributed by atoms with Gasteiger partial charge in [0.25, 0.3) is 0 Å². The summed E-state index contributed by atoms with van der Waals surface area (Å²) < 4.78 is 0. The van der Waals surface area contributed by atoms with Gasteiger partial charge in [-0.25, -0.2) is 0 Å². The van der Waals surface area contributed by atoms with E-state index < -0.39 is 0 Å². The van der Waals surface area contributed by atoms with Gasteiger partial charge in [0.1, 0.15) is 0 Å². The minimum Gasteiger partial charge on any atom is -0.330 e. The van der Waals surface area contributed by atoms with Gasteiger partial charge in [-0.1, -0.05) is 20.8 Å². The highest BCUT2D eigenvalue weighted by molar-refractivity contribution is 4.96. The van der Waals surface area contributed by atoms with Crippen LogP contribution in [0.1, 0.15) is 52.9 Å². The van der Waals surface area contributed by atoms with Crippen LogP contribution in [0.4, 0.5) is 0 Å². The van der Waals surface area contributed by atoms with Crippen molar-refractivity contribution in [1.29, 1.82) is 0 Å². The van der Waals surface area contributed by atoms with Crippen molar-refractivity contribution in [3.8, 4) is 0 Å². The second-order valence-corrected chi connectivity index (χ2v) is 7.46. The number of rotatable bonds is 4. The monoisotopic (exact) mass is 238 g/mol. The number of hydrogen-bond acceptors (Lipinski definition) is 2. The van der Waals surface area contributed by atoms with Crippen LogP contribution in [0, 0.1) is 16.7 Å². The van der Waals surface area contributed by atoms with Gasteiger partial charge in [-0.05, 0) is 68.5 Å². The summed E-state index contributed by atoms with van der Waals surface area (Å²) in [5.41, 5.74) is 6.85. The molecule has 0 radical (unpaired) electrons. The van der Waals surface area contributed by atoms with E-state index in [4.69, 9.17) is 5.73 Å². The molecule has 0 bridgehead atoms. The lowest BCUT2D eigenvalue weighted by Gasteiger charge is -2.40. The maximum atomic E-state index is 5.72. The van der Waals surface area contributed by atoms with Gasteiger partial charge in [-0.15, -0.1) is 0 Å². The molecule has 100 valence electrons. The third kappa shape index (κ3) is 3.45. The van der Waals surface area contributed by atoms with Crippen molar-refractivity contribution < 1.29 is 0 Å². The van der Waals surface area contributed by atoms with Gasteiger partial charge in [0, 0.05) is 6.54 Å². The second kappa shape index (κ2) is 4.89. The molecule has 2 fully saturated rings. The van der Waals surface area contributed by atoms with E-state index in [1.807, 2.05) is 0 Å². The van der Waals surface area contributed by atoms with E-state index in [1.54, 1.807) is 0 Å². The molecule has 0 aromatic carbocycles. The quantitative estimate of drug-likeness (QED) is 0.816. The fourth-order valence-corrected chi connectivity index (χ4v) is 3.40. The van der Waals surface area contributed by atoms with Crippen LogP contribution in [0.25, 0.3) is 0 Å². The third-order valence-corrected chi connectivity index (χ3v) is 5.00. The van der Waals surface area contributed by atoms with Crippen molar-refractivity contribution in [3.63, 3.8) is 0 Å². The predicted octanol–water partition coefficient (Wildman–Crippen LogP) is 2.87. The van der Waals surface area contributed by atoms with Crippen LogP contribution in [-0.4, -0.2) is 31.1 Å². The highest BCUT2D eigenvalue weighted by Crippen LogP contribution is 2.49. The van der Waals surface area contributed by atoms with E-state index in [9.17, 15) is 0 Å². The summed E-state index contributed by atoms with van der Waals surface area (Å²) in [5, 5.41) is 0. The molecule has 1 aliphatic carbocycles. The summed E-state index contributed by atoms with van der Waals surface area (Å²) in [5.74, 6) is 0.920. The molecular weight excluding hydrogens is 208 g/mol. The van der Waals surface area contributed by atoms with Crippen molar-refractivity contribution >= 4 is 0 Å². The molecule has 1 aliphatic heterocycles. The molecule has 0 atom stereocenters. The third-order valence-electron chi connectivity index (χ3n) is 5.00. The fraction of sp³-hybridized carbons (Fsp3) is 1.00. The molecular formula is C15H30N2. The Morgan fingerprint density at radius 2 is 1.76 bits per heavy atom. The maximum absolute atomic E-state index is 5.72. The van der Waals surface area contributed by atoms with Gasteiger partial charge >= 0.3 is 0 Å². The fourth-order valence-electron chi connectivity index (χ4n) is 3.40. The average molecular weight is 238 g/mol. The maximum Gasteiger partial charge on any atom is 0.00385 e. The number of nitrogens with two attached hydrogens (primary N) is 1. The van der Waals surface area contributed by atoms with Crippen molar-refractivity contribution in [3.05, 3.63) is 0 Å². The first kappa shape index (κ1) is 13.4. The van der Waals surface area contributed by atoms with Gasteiger partial charge < -0.3 is 10.6 Å². The largest absolute Gasteiger partial charge is 0.330 e. The van der Waals surface area contributed by atoms with Crippen LogP contribution >= 0.6 is 0 Å². The number of nitrogens with zero attached hydrogens (tertiary/aromatic N) is 1. The SMILES string of the molecule is CC(C)(C)C1CCN(CC2(CCN)CC2)CC1. The van der Waals surface area contributed by atoms with E-state index in [1.165, 1.54) is 51.7 Å². The van der Waals surface area contributed by atoms with Crippen LogP contribution in [0.15, 0.2) is 0 Å². The summed E-state index contributed by atoms with van der Waals surface area (Å²) in [4.78, 5) is 2.70. The van der Waals surface area contributed by atoms with Gasteiger partial charge in [-0.2, -0.15) is 0 Å². The highest BCUT2D eigenvalue weighted by Gasteiger charge is 2.43. The molecule has 2 N–H and O–H groups in total. The van der Waals surface area contributed by atoms with Crippen molar-refractivity contribution in [2.24, 2.45) is 22.5 Å². The molecule has 0 amide bonds. The minimum atomic E-state index is 0.501. The Balaban J connectivity index is 1.76. The minimum absolute atomic E-state index is 0.501. The Hall–Kier alpha value is -0.0800. The van der Waals surface area contributed by atoms with Crippen LogP contribution in [0.5, 0.6) is 0 Å². The van der Waals surface area contributed by atoms with Crippen LogP contribution in [0.3, 0.4) is 0 Å². The molecule has 0 unspecified atom stereocenters. The Bertz CT molecular complexity index is 242. The highest BCUT2D eigenvalue weighted by atomic mass is 15.1. The molecule has 1 saturated heterocycles. The van der Waals surface area contributed by atoms with Crippen LogP contribution in [0.2, 0.25) is 0 Å². The topological polar surface area (TPSA) is 29.3 Å². The van der Waals surface area contributed by atoms with Gasteiger partial charge in [0.2, 0.25) is 0 Å². The lowest BCUT2D eigenvalue weighted by Crippen LogP contribution is -2.41. The van der Waals surface area contributed by atoms with Gasteiger partial charge in [-0.3, -0.25) is 0 Å². The standard InChI is InChI=1S/C15H30N2/c1-14(2,3)13-4-10-17(11-5-13)12-15(6-7-15)8-9-16/h13H,4-12,16H2,1-3H3. The zero-order valence-electron chi connectivity index (χ0n) is 12.0. The molecule has 2 aliphatic rings. The summed E-state index contributed by atoms with van der Waals surface area (Å²) in [6.07, 6.45) is 6.86. The van der Waals surface area contributed by atoms with E-state index in [0.29, 0.717) is 10.8 Å². The van der Waals surface area contributed by atoms with Crippen molar-refractivity contribution in [1.82, 2.24) is 4.90 Å². The Labute approximate surface area is 107 Å². The summed E-state index contributed by atoms with van der Waals surface area (Å²) >= 11 is 0. The first-order chi connectivity index (χ1) is 7.95. The first-order valence-electron chi connectivity index (χ1n) is 7.38. The lowest BCUT2D eigenvalue weighted by atomic mass is 9.75. The van der Waals surface area contributed by atoms with Gasteiger partial charge in [0.05, 0.1) is 0 Å². The molecule has 0 spiro atoms. The second-order valence-electron chi connectivity index (χ2n) is 7.46. The molecule has 1 saturated carbocycles. The smallest absolute Gasteiger partial charge is 0.00385 e. The van der Waals surface area contributed by atoms with Crippen LogP contribution < -0.4 is 5.73 Å². The predicted molar refractivity (Wildman–Crippen MR) is 74.0 cm³/mol. The normalized spacial score (nSPS) is 26.1.